The Kier molecular flexibility index (Phi) is 7.39. The number of hydrogen-bond donors (Lipinski definition) is 2. The number of carbonyl (C=O) groups excluding carboxylic acids is 2. The fraction of sp³-hybridized carbons (Fsp3) is 0.250. The number of nitrogens with one attached hydrogen (secondary N) is 1. The molecule has 2 aliphatic heterocycles. The third-order valence-corrected chi connectivity index (χ3v) is 6.71. The summed E-state index contributed by atoms with van der Waals surface area (Å²) in [5.41, 5.74) is 9.97. The predicted molar refractivity (Wildman–Crippen MR) is 142 cm³/mol. The van der Waals surface area contributed by atoms with Crippen LogP contribution in [0.15, 0.2) is 60.8 Å². The first-order chi connectivity index (χ1) is 18.0. The Balaban J connectivity index is 1.23. The molecule has 1 unspecified atom stereocenters. The fourth-order valence-electron chi connectivity index (χ4n) is 4.45. The van der Waals surface area contributed by atoms with Crippen molar-refractivity contribution in [2.75, 3.05) is 38.6 Å². The number of benzene rings is 2. The molecule has 1 saturated heterocycles. The molecule has 0 saturated carbocycles. The van der Waals surface area contributed by atoms with Crippen LogP contribution in [-0.2, 0) is 16.0 Å². The van der Waals surface area contributed by atoms with Gasteiger partial charge in [-0.25, -0.2) is 4.98 Å². The number of nitrogens with zero attached hydrogens (tertiary/aromatic N) is 2. The van der Waals surface area contributed by atoms with Crippen LogP contribution in [0, 0.1) is 0 Å². The molecule has 0 spiro atoms. The largest absolute Gasteiger partial charge is 0.486 e. The molecular weight excluding hydrogens is 492 g/mol. The van der Waals surface area contributed by atoms with Crippen molar-refractivity contribution in [3.8, 4) is 16.9 Å². The van der Waals surface area contributed by atoms with E-state index in [2.05, 4.69) is 10.3 Å². The Bertz CT molecular complexity index is 1320. The van der Waals surface area contributed by atoms with E-state index in [-0.39, 0.29) is 17.9 Å². The maximum atomic E-state index is 12.8. The quantitative estimate of drug-likeness (QED) is 0.483. The lowest BCUT2D eigenvalue weighted by Gasteiger charge is -2.26. The standard InChI is InChI=1S/C28H27ClN4O4/c29-24-8-7-22(19-3-5-20(6-4-19)28(35)33-11-13-36-14-12-33)23-15-21(37-27(23)24)17-32-26(34)10-2-18-1-9-25(30)31-16-18/h1-10,16,21H,11-15,17H2,(H2,30,31)(H,32,34)/b10-2+. The minimum Gasteiger partial charge on any atom is -0.486 e. The summed E-state index contributed by atoms with van der Waals surface area (Å²) < 4.78 is 11.4. The summed E-state index contributed by atoms with van der Waals surface area (Å²) in [5.74, 6) is 0.839. The van der Waals surface area contributed by atoms with E-state index in [0.29, 0.717) is 61.4 Å². The monoisotopic (exact) mass is 518 g/mol. The van der Waals surface area contributed by atoms with Gasteiger partial charge in [0.05, 0.1) is 24.8 Å². The van der Waals surface area contributed by atoms with Crippen molar-refractivity contribution in [1.29, 1.82) is 0 Å². The number of amides is 2. The first kappa shape index (κ1) is 24.8. The van der Waals surface area contributed by atoms with E-state index >= 15 is 0 Å². The van der Waals surface area contributed by atoms with Crippen molar-refractivity contribution >= 4 is 35.3 Å². The second kappa shape index (κ2) is 11.0. The van der Waals surface area contributed by atoms with Gasteiger partial charge < -0.3 is 25.4 Å². The maximum absolute atomic E-state index is 12.8. The number of halogens is 1. The molecule has 3 aromatic rings. The number of hydrogen-bond acceptors (Lipinski definition) is 6. The molecule has 1 fully saturated rings. The first-order valence-corrected chi connectivity index (χ1v) is 12.5. The highest BCUT2D eigenvalue weighted by atomic mass is 35.5. The molecule has 3 heterocycles. The molecule has 8 nitrogen and oxygen atoms in total. The van der Waals surface area contributed by atoms with Crippen molar-refractivity contribution in [3.05, 3.63) is 82.5 Å². The highest BCUT2D eigenvalue weighted by molar-refractivity contribution is 6.32. The molecule has 9 heteroatoms. The Morgan fingerprint density at radius 2 is 1.89 bits per heavy atom. The van der Waals surface area contributed by atoms with E-state index in [9.17, 15) is 9.59 Å². The summed E-state index contributed by atoms with van der Waals surface area (Å²) in [6.45, 7) is 2.68. The summed E-state index contributed by atoms with van der Waals surface area (Å²) >= 11 is 6.44. The first-order valence-electron chi connectivity index (χ1n) is 12.1. The molecular formula is C28H27ClN4O4. The van der Waals surface area contributed by atoms with E-state index in [1.807, 2.05) is 41.3 Å². The average molecular weight is 519 g/mol. The number of nitrogens with two attached hydrogens (primary N) is 1. The van der Waals surface area contributed by atoms with Crippen molar-refractivity contribution in [1.82, 2.24) is 15.2 Å². The van der Waals surface area contributed by atoms with Crippen LogP contribution in [0.5, 0.6) is 5.75 Å². The third-order valence-electron chi connectivity index (χ3n) is 6.41. The summed E-state index contributed by atoms with van der Waals surface area (Å²) in [7, 11) is 0. The van der Waals surface area contributed by atoms with E-state index < -0.39 is 0 Å². The molecule has 2 amide bonds. The van der Waals surface area contributed by atoms with Gasteiger partial charge in [-0.15, -0.1) is 0 Å². The third kappa shape index (κ3) is 5.76. The van der Waals surface area contributed by atoms with Crippen LogP contribution in [0.2, 0.25) is 5.02 Å². The Hall–Kier alpha value is -3.88. The Morgan fingerprint density at radius 3 is 2.62 bits per heavy atom. The van der Waals surface area contributed by atoms with Gasteiger partial charge in [-0.1, -0.05) is 29.8 Å². The zero-order chi connectivity index (χ0) is 25.8. The van der Waals surface area contributed by atoms with Gasteiger partial charge in [-0.05, 0) is 53.1 Å². The zero-order valence-corrected chi connectivity index (χ0v) is 20.9. The molecule has 0 radical (unpaired) electrons. The van der Waals surface area contributed by atoms with Crippen LogP contribution in [0.3, 0.4) is 0 Å². The number of pyridine rings is 1. The second-order valence-electron chi connectivity index (χ2n) is 8.92. The second-order valence-corrected chi connectivity index (χ2v) is 9.33. The lowest BCUT2D eigenvalue weighted by molar-refractivity contribution is -0.116. The maximum Gasteiger partial charge on any atom is 0.254 e. The molecule has 0 bridgehead atoms. The van der Waals surface area contributed by atoms with Gasteiger partial charge in [0, 0.05) is 42.9 Å². The van der Waals surface area contributed by atoms with Crippen LogP contribution >= 0.6 is 11.6 Å². The van der Waals surface area contributed by atoms with Crippen LogP contribution in [0.25, 0.3) is 17.2 Å². The molecule has 0 aliphatic carbocycles. The Morgan fingerprint density at radius 1 is 1.11 bits per heavy atom. The van der Waals surface area contributed by atoms with Gasteiger partial charge in [-0.3, -0.25) is 9.59 Å². The number of ether oxygens (including phenoxy) is 2. The zero-order valence-electron chi connectivity index (χ0n) is 20.2. The topological polar surface area (TPSA) is 107 Å². The van der Waals surface area contributed by atoms with E-state index in [1.54, 1.807) is 24.4 Å². The molecule has 2 aromatic carbocycles. The van der Waals surface area contributed by atoms with Crippen LogP contribution in [0.4, 0.5) is 5.82 Å². The summed E-state index contributed by atoms with van der Waals surface area (Å²) in [4.78, 5) is 30.9. The molecule has 3 N–H and O–H groups in total. The predicted octanol–water partition coefficient (Wildman–Crippen LogP) is 3.59. The molecule has 1 atom stereocenters. The van der Waals surface area contributed by atoms with Crippen molar-refractivity contribution in [2.24, 2.45) is 0 Å². The van der Waals surface area contributed by atoms with Gasteiger partial charge >= 0.3 is 0 Å². The summed E-state index contributed by atoms with van der Waals surface area (Å²) in [6, 6.07) is 14.8. The van der Waals surface area contributed by atoms with Crippen LogP contribution < -0.4 is 15.8 Å². The average Bonchev–Trinajstić information content (AvgIpc) is 3.37. The van der Waals surface area contributed by atoms with Gasteiger partial charge in [-0.2, -0.15) is 0 Å². The molecule has 5 rings (SSSR count). The van der Waals surface area contributed by atoms with Crippen LogP contribution in [0.1, 0.15) is 21.5 Å². The normalized spacial score (nSPS) is 16.9. The lowest BCUT2D eigenvalue weighted by atomic mass is 9.95. The lowest BCUT2D eigenvalue weighted by Crippen LogP contribution is -2.40. The molecule has 2 aliphatic rings. The van der Waals surface area contributed by atoms with Gasteiger partial charge in [0.15, 0.2) is 0 Å². The number of anilines is 1. The number of morpholine rings is 1. The highest BCUT2D eigenvalue weighted by Crippen LogP contribution is 2.42. The van der Waals surface area contributed by atoms with Crippen molar-refractivity contribution in [2.45, 2.75) is 12.5 Å². The molecule has 190 valence electrons. The summed E-state index contributed by atoms with van der Waals surface area (Å²) in [5, 5.41) is 3.41. The number of fused-ring (bicyclic) bond motifs is 1. The SMILES string of the molecule is Nc1ccc(/C=C/C(=O)NCC2Cc3c(-c4ccc(C(=O)N5CCOCC5)cc4)ccc(Cl)c3O2)cn1. The minimum absolute atomic E-state index is 0.0111. The van der Waals surface area contributed by atoms with Crippen LogP contribution in [-0.4, -0.2) is 60.7 Å². The Labute approximate surface area is 220 Å². The molecule has 1 aromatic heterocycles. The summed E-state index contributed by atoms with van der Waals surface area (Å²) in [6.07, 6.45) is 5.09. The number of aromatic nitrogens is 1. The smallest absolute Gasteiger partial charge is 0.254 e. The van der Waals surface area contributed by atoms with E-state index in [4.69, 9.17) is 26.8 Å². The van der Waals surface area contributed by atoms with Gasteiger partial charge in [0.25, 0.3) is 5.91 Å². The minimum atomic E-state index is -0.244. The highest BCUT2D eigenvalue weighted by Gasteiger charge is 2.28. The number of carbonyl (C=O) groups is 2. The van der Waals surface area contributed by atoms with E-state index in [1.165, 1.54) is 6.08 Å². The number of rotatable bonds is 6. The number of nitrogen functional groups attached to an aromatic ring is 1. The van der Waals surface area contributed by atoms with Crippen molar-refractivity contribution < 1.29 is 19.1 Å². The van der Waals surface area contributed by atoms with E-state index in [0.717, 1.165) is 22.3 Å². The van der Waals surface area contributed by atoms with Gasteiger partial charge in [0.1, 0.15) is 17.7 Å². The van der Waals surface area contributed by atoms with Gasteiger partial charge in [0.2, 0.25) is 5.91 Å². The van der Waals surface area contributed by atoms with Crippen molar-refractivity contribution in [3.63, 3.8) is 0 Å². The fourth-order valence-corrected chi connectivity index (χ4v) is 4.67. The molecule has 37 heavy (non-hydrogen) atoms.